The molecule has 29 heavy (non-hydrogen) atoms. The molecule has 1 aromatic heterocycles. The average molecular weight is 399 g/mol. The molecule has 1 amide bonds. The lowest BCUT2D eigenvalue weighted by Gasteiger charge is -2.36. The Morgan fingerprint density at radius 1 is 1.14 bits per heavy atom. The van der Waals surface area contributed by atoms with Gasteiger partial charge in [0, 0.05) is 64.3 Å². The van der Waals surface area contributed by atoms with Crippen LogP contribution in [-0.2, 0) is 0 Å². The van der Waals surface area contributed by atoms with Crippen molar-refractivity contribution in [1.29, 1.82) is 0 Å². The maximum absolute atomic E-state index is 13.6. The summed E-state index contributed by atoms with van der Waals surface area (Å²) < 4.78 is 13.6. The SMILES string of the molecule is CN=C(NCCNC(=O)c1ccc(C)c(F)c1)N1CCN(c2ncccn2)CC1. The minimum Gasteiger partial charge on any atom is -0.354 e. The quantitative estimate of drug-likeness (QED) is 0.444. The number of aliphatic imine (C=N–C) groups is 1. The van der Waals surface area contributed by atoms with Crippen LogP contribution in [0.3, 0.4) is 0 Å². The summed E-state index contributed by atoms with van der Waals surface area (Å²) in [5.74, 6) is 0.855. The molecule has 1 aliphatic heterocycles. The minimum atomic E-state index is -0.378. The molecule has 0 radical (unpaired) electrons. The standard InChI is InChI=1S/C20H26FN7O/c1-15-4-5-16(14-17(15)21)18(29)23-8-9-26-19(22-2)27-10-12-28(13-11-27)20-24-6-3-7-25-20/h3-7,14H,8-13H2,1-2H3,(H,22,26)(H,23,29). The van der Waals surface area contributed by atoms with Crippen molar-refractivity contribution in [2.24, 2.45) is 4.99 Å². The van der Waals surface area contributed by atoms with Crippen LogP contribution in [0.15, 0.2) is 41.7 Å². The molecular weight excluding hydrogens is 373 g/mol. The summed E-state index contributed by atoms with van der Waals surface area (Å²) in [6.07, 6.45) is 3.49. The summed E-state index contributed by atoms with van der Waals surface area (Å²) in [4.78, 5) is 29.3. The van der Waals surface area contributed by atoms with Gasteiger partial charge in [-0.05, 0) is 30.7 Å². The smallest absolute Gasteiger partial charge is 0.251 e. The summed E-state index contributed by atoms with van der Waals surface area (Å²) in [5, 5.41) is 6.05. The molecule has 154 valence electrons. The van der Waals surface area contributed by atoms with E-state index < -0.39 is 0 Å². The lowest BCUT2D eigenvalue weighted by molar-refractivity contribution is 0.0954. The minimum absolute atomic E-state index is 0.294. The number of hydrogen-bond acceptors (Lipinski definition) is 5. The summed E-state index contributed by atoms with van der Waals surface area (Å²) in [7, 11) is 1.74. The van der Waals surface area contributed by atoms with Gasteiger partial charge in [0.15, 0.2) is 5.96 Å². The third kappa shape index (κ3) is 5.40. The van der Waals surface area contributed by atoms with Gasteiger partial charge in [-0.3, -0.25) is 9.79 Å². The molecule has 1 aromatic carbocycles. The Morgan fingerprint density at radius 3 is 2.48 bits per heavy atom. The topological polar surface area (TPSA) is 85.8 Å². The van der Waals surface area contributed by atoms with Gasteiger partial charge in [-0.1, -0.05) is 6.07 Å². The number of nitrogens with one attached hydrogen (secondary N) is 2. The zero-order valence-corrected chi connectivity index (χ0v) is 16.7. The monoisotopic (exact) mass is 399 g/mol. The summed E-state index contributed by atoms with van der Waals surface area (Å²) >= 11 is 0. The first-order chi connectivity index (χ1) is 14.1. The lowest BCUT2D eigenvalue weighted by Crippen LogP contribution is -2.53. The predicted molar refractivity (Wildman–Crippen MR) is 111 cm³/mol. The van der Waals surface area contributed by atoms with Gasteiger partial charge in [-0.2, -0.15) is 0 Å². The number of piperazine rings is 1. The van der Waals surface area contributed by atoms with Crippen LogP contribution < -0.4 is 15.5 Å². The predicted octanol–water partition coefficient (Wildman–Crippen LogP) is 1.05. The highest BCUT2D eigenvalue weighted by Gasteiger charge is 2.20. The lowest BCUT2D eigenvalue weighted by atomic mass is 10.1. The van der Waals surface area contributed by atoms with E-state index in [-0.39, 0.29) is 11.7 Å². The molecule has 0 unspecified atom stereocenters. The Kier molecular flexibility index (Phi) is 6.94. The first-order valence-electron chi connectivity index (χ1n) is 9.60. The number of hydrogen-bond donors (Lipinski definition) is 2. The van der Waals surface area contributed by atoms with Crippen LogP contribution in [0, 0.1) is 12.7 Å². The maximum atomic E-state index is 13.6. The average Bonchev–Trinajstić information content (AvgIpc) is 2.76. The Labute approximate surface area is 169 Å². The third-order valence-electron chi connectivity index (χ3n) is 4.75. The molecule has 9 heteroatoms. The Morgan fingerprint density at radius 2 is 1.83 bits per heavy atom. The fourth-order valence-electron chi connectivity index (χ4n) is 3.09. The number of aromatic nitrogens is 2. The Balaban J connectivity index is 1.42. The van der Waals surface area contributed by atoms with E-state index in [1.165, 1.54) is 6.07 Å². The highest BCUT2D eigenvalue weighted by molar-refractivity contribution is 5.94. The van der Waals surface area contributed by atoms with E-state index >= 15 is 0 Å². The van der Waals surface area contributed by atoms with Crippen LogP contribution in [0.1, 0.15) is 15.9 Å². The summed E-state index contributed by atoms with van der Waals surface area (Å²) in [6, 6.07) is 6.28. The fourth-order valence-corrected chi connectivity index (χ4v) is 3.09. The van der Waals surface area contributed by atoms with Crippen LogP contribution in [0.25, 0.3) is 0 Å². The zero-order chi connectivity index (χ0) is 20.6. The molecule has 3 rings (SSSR count). The second-order valence-corrected chi connectivity index (χ2v) is 6.72. The van der Waals surface area contributed by atoms with Gasteiger partial charge in [0.05, 0.1) is 0 Å². The van der Waals surface area contributed by atoms with Gasteiger partial charge in [0.25, 0.3) is 5.91 Å². The van der Waals surface area contributed by atoms with Crippen LogP contribution in [0.2, 0.25) is 0 Å². The van der Waals surface area contributed by atoms with Crippen molar-refractivity contribution in [3.8, 4) is 0 Å². The molecule has 2 N–H and O–H groups in total. The van der Waals surface area contributed by atoms with Crippen molar-refractivity contribution in [3.63, 3.8) is 0 Å². The molecule has 2 aromatic rings. The van der Waals surface area contributed by atoms with Gasteiger partial charge >= 0.3 is 0 Å². The molecule has 2 heterocycles. The van der Waals surface area contributed by atoms with Crippen LogP contribution in [-0.4, -0.2) is 73.1 Å². The van der Waals surface area contributed by atoms with Crippen LogP contribution in [0.5, 0.6) is 0 Å². The number of nitrogens with zero attached hydrogens (tertiary/aromatic N) is 5. The van der Waals surface area contributed by atoms with Gasteiger partial charge in [0.2, 0.25) is 5.95 Å². The molecule has 1 fully saturated rings. The van der Waals surface area contributed by atoms with Gasteiger partial charge in [0.1, 0.15) is 5.82 Å². The van der Waals surface area contributed by atoms with E-state index in [9.17, 15) is 9.18 Å². The van der Waals surface area contributed by atoms with Crippen molar-refractivity contribution >= 4 is 17.8 Å². The molecule has 1 aliphatic rings. The molecule has 1 saturated heterocycles. The van der Waals surface area contributed by atoms with E-state index in [2.05, 4.69) is 35.4 Å². The van der Waals surface area contributed by atoms with E-state index in [4.69, 9.17) is 0 Å². The van der Waals surface area contributed by atoms with E-state index in [0.29, 0.717) is 24.2 Å². The van der Waals surface area contributed by atoms with E-state index in [1.54, 1.807) is 44.6 Å². The van der Waals surface area contributed by atoms with Crippen molar-refractivity contribution in [1.82, 2.24) is 25.5 Å². The molecule has 0 aliphatic carbocycles. The second-order valence-electron chi connectivity index (χ2n) is 6.72. The number of guanidine groups is 1. The van der Waals surface area contributed by atoms with Gasteiger partial charge in [-0.15, -0.1) is 0 Å². The second kappa shape index (κ2) is 9.81. The van der Waals surface area contributed by atoms with Gasteiger partial charge < -0.3 is 20.4 Å². The summed E-state index contributed by atoms with van der Waals surface area (Å²) in [5.41, 5.74) is 0.836. The summed E-state index contributed by atoms with van der Waals surface area (Å²) in [6.45, 7) is 5.81. The van der Waals surface area contributed by atoms with Crippen molar-refractivity contribution < 1.29 is 9.18 Å². The van der Waals surface area contributed by atoms with E-state index in [0.717, 1.165) is 38.1 Å². The molecule has 0 saturated carbocycles. The van der Waals surface area contributed by atoms with Crippen LogP contribution >= 0.6 is 0 Å². The largest absolute Gasteiger partial charge is 0.354 e. The number of carbonyl (C=O) groups is 1. The highest BCUT2D eigenvalue weighted by Crippen LogP contribution is 2.10. The molecule has 0 atom stereocenters. The Hall–Kier alpha value is -3.23. The number of carbonyl (C=O) groups excluding carboxylic acids is 1. The first kappa shape index (κ1) is 20.5. The number of amides is 1. The normalized spacial score (nSPS) is 14.7. The van der Waals surface area contributed by atoms with Gasteiger partial charge in [-0.25, -0.2) is 14.4 Å². The number of aryl methyl sites for hydroxylation is 1. The fraction of sp³-hybridized carbons (Fsp3) is 0.400. The first-order valence-corrected chi connectivity index (χ1v) is 9.60. The highest BCUT2D eigenvalue weighted by atomic mass is 19.1. The molecule has 8 nitrogen and oxygen atoms in total. The van der Waals surface area contributed by atoms with E-state index in [1.807, 2.05) is 0 Å². The Bertz CT molecular complexity index is 851. The number of anilines is 1. The molecule has 0 bridgehead atoms. The number of benzene rings is 1. The molecular formula is C20H26FN7O. The van der Waals surface area contributed by atoms with Crippen LogP contribution in [0.4, 0.5) is 10.3 Å². The third-order valence-corrected chi connectivity index (χ3v) is 4.75. The molecule has 0 spiro atoms. The zero-order valence-electron chi connectivity index (χ0n) is 16.7. The van der Waals surface area contributed by atoms with Crippen molar-refractivity contribution in [3.05, 3.63) is 53.6 Å². The van der Waals surface area contributed by atoms with Crippen molar-refractivity contribution in [2.75, 3.05) is 51.2 Å². The van der Waals surface area contributed by atoms with Crippen molar-refractivity contribution in [2.45, 2.75) is 6.92 Å². The number of rotatable bonds is 5. The number of halogens is 1. The maximum Gasteiger partial charge on any atom is 0.251 e.